The Kier molecular flexibility index (Phi) is 27.4. The summed E-state index contributed by atoms with van der Waals surface area (Å²) in [5.74, 6) is 0.170. The Balaban J connectivity index is -0.00000200. The van der Waals surface area contributed by atoms with E-state index in [1.165, 1.54) is 64.2 Å². The molecule has 0 radical (unpaired) electrons. The summed E-state index contributed by atoms with van der Waals surface area (Å²) >= 11 is 0. The summed E-state index contributed by atoms with van der Waals surface area (Å²) in [6.07, 6.45) is 15.2. The highest BCUT2D eigenvalue weighted by Gasteiger charge is 2.11. The molecule has 0 aromatic heterocycles. The highest BCUT2D eigenvalue weighted by Crippen LogP contribution is 2.11. The Morgan fingerprint density at radius 3 is 1.57 bits per heavy atom. The molecule has 0 bridgehead atoms. The van der Waals surface area contributed by atoms with E-state index >= 15 is 0 Å². The normalized spacial score (nSPS) is 10.1. The molecule has 0 aliphatic rings. The summed E-state index contributed by atoms with van der Waals surface area (Å²) in [6.45, 7) is 3.72. The van der Waals surface area contributed by atoms with Crippen LogP contribution in [0.25, 0.3) is 0 Å². The van der Waals surface area contributed by atoms with Gasteiger partial charge in [0, 0.05) is 6.42 Å². The molecule has 4 nitrogen and oxygen atoms in total. The molecular formula is C17H39Br2N3O. The van der Waals surface area contributed by atoms with E-state index in [0.717, 1.165) is 19.5 Å². The van der Waals surface area contributed by atoms with Crippen molar-refractivity contribution in [2.75, 3.05) is 13.1 Å². The minimum atomic E-state index is 0. The van der Waals surface area contributed by atoms with Gasteiger partial charge >= 0.3 is 0 Å². The molecule has 0 fully saturated rings. The van der Waals surface area contributed by atoms with Crippen LogP contribution in [0.3, 0.4) is 0 Å². The first-order valence-corrected chi connectivity index (χ1v) is 9.12. The van der Waals surface area contributed by atoms with Gasteiger partial charge in [0.15, 0.2) is 0 Å². The van der Waals surface area contributed by atoms with Gasteiger partial charge in [-0.3, -0.25) is 4.79 Å². The lowest BCUT2D eigenvalue weighted by atomic mass is 10.1. The summed E-state index contributed by atoms with van der Waals surface area (Å²) in [4.78, 5) is 11.7. The maximum atomic E-state index is 11.7. The van der Waals surface area contributed by atoms with Crippen LogP contribution in [-0.2, 0) is 4.79 Å². The number of halogens is 2. The third-order valence-electron chi connectivity index (χ3n) is 4.07. The molecule has 142 valence electrons. The van der Waals surface area contributed by atoms with Gasteiger partial charge in [-0.15, -0.1) is 0 Å². The number of carbonyl (C=O) groups is 1. The molecule has 1 amide bonds. The molecule has 23 heavy (non-hydrogen) atoms. The molecule has 0 aliphatic carbocycles. The molecule has 0 aliphatic heterocycles. The molecule has 0 heterocycles. The van der Waals surface area contributed by atoms with Crippen LogP contribution in [0.4, 0.5) is 0 Å². The fourth-order valence-electron chi connectivity index (χ4n) is 2.54. The van der Waals surface area contributed by atoms with Crippen LogP contribution in [0, 0.1) is 0 Å². The topological polar surface area (TPSA) is 84.4 Å². The third kappa shape index (κ3) is 20.3. The summed E-state index contributed by atoms with van der Waals surface area (Å²) in [7, 11) is 0. The SMILES string of the molecule is CCCCCCCCCCCCCC(=O)NC(C[NH3+])C[NH3+].[Br-].[Br-]. The number of amides is 1. The predicted molar refractivity (Wildman–Crippen MR) is 88.5 cm³/mol. The number of hydrogen-bond donors (Lipinski definition) is 3. The average molecular weight is 461 g/mol. The first-order valence-electron chi connectivity index (χ1n) is 9.12. The molecule has 0 saturated heterocycles. The average Bonchev–Trinajstić information content (AvgIpc) is 2.50. The fourth-order valence-corrected chi connectivity index (χ4v) is 2.54. The maximum Gasteiger partial charge on any atom is 0.220 e. The Labute approximate surface area is 164 Å². The molecule has 7 N–H and O–H groups in total. The standard InChI is InChI=1S/C17H37N3O.2BrH/c1-2-3-4-5-6-7-8-9-10-11-12-13-17(21)20-16(14-18)15-19;;/h16H,2-15,18-19H2,1H3,(H,20,21);2*1H. The minimum Gasteiger partial charge on any atom is -1.00 e. The van der Waals surface area contributed by atoms with Gasteiger partial charge in [-0.2, -0.15) is 0 Å². The Morgan fingerprint density at radius 2 is 1.17 bits per heavy atom. The van der Waals surface area contributed by atoms with Crippen molar-refractivity contribution in [1.29, 1.82) is 0 Å². The number of hydrogen-bond acceptors (Lipinski definition) is 1. The summed E-state index contributed by atoms with van der Waals surface area (Å²) in [6, 6.07) is 0.158. The predicted octanol–water partition coefficient (Wildman–Crippen LogP) is -4.34. The van der Waals surface area contributed by atoms with E-state index in [1.54, 1.807) is 0 Å². The van der Waals surface area contributed by atoms with E-state index in [1.807, 2.05) is 0 Å². The third-order valence-corrected chi connectivity index (χ3v) is 4.07. The van der Waals surface area contributed by atoms with Gasteiger partial charge in [0.2, 0.25) is 5.91 Å². The first kappa shape index (κ1) is 28.2. The lowest BCUT2D eigenvalue weighted by Crippen LogP contribution is -3.00. The largest absolute Gasteiger partial charge is 1.00 e. The fraction of sp³-hybridized carbons (Fsp3) is 0.941. The molecular weight excluding hydrogens is 422 g/mol. The van der Waals surface area contributed by atoms with Crippen molar-refractivity contribution < 1.29 is 50.2 Å². The number of carbonyl (C=O) groups excluding carboxylic acids is 1. The van der Waals surface area contributed by atoms with E-state index in [9.17, 15) is 4.79 Å². The van der Waals surface area contributed by atoms with Crippen LogP contribution in [0.5, 0.6) is 0 Å². The Morgan fingerprint density at radius 1 is 0.783 bits per heavy atom. The molecule has 0 saturated carbocycles. The van der Waals surface area contributed by atoms with Crippen molar-refractivity contribution in [2.24, 2.45) is 0 Å². The Hall–Kier alpha value is 0.350. The van der Waals surface area contributed by atoms with Crippen LogP contribution in [0.2, 0.25) is 0 Å². The zero-order valence-electron chi connectivity index (χ0n) is 15.1. The van der Waals surface area contributed by atoms with Crippen molar-refractivity contribution in [3.8, 4) is 0 Å². The van der Waals surface area contributed by atoms with E-state index in [0.29, 0.717) is 6.42 Å². The smallest absolute Gasteiger partial charge is 0.220 e. The second kappa shape index (κ2) is 22.4. The monoisotopic (exact) mass is 459 g/mol. The van der Waals surface area contributed by atoms with E-state index < -0.39 is 0 Å². The summed E-state index contributed by atoms with van der Waals surface area (Å²) in [5, 5.41) is 2.99. The van der Waals surface area contributed by atoms with Gasteiger partial charge in [-0.05, 0) is 6.42 Å². The maximum absolute atomic E-state index is 11.7. The van der Waals surface area contributed by atoms with E-state index in [4.69, 9.17) is 0 Å². The van der Waals surface area contributed by atoms with Crippen LogP contribution in [0.1, 0.15) is 84.0 Å². The van der Waals surface area contributed by atoms with Gasteiger partial charge in [0.25, 0.3) is 0 Å². The van der Waals surface area contributed by atoms with Gasteiger partial charge in [0.05, 0.1) is 0 Å². The van der Waals surface area contributed by atoms with Crippen LogP contribution >= 0.6 is 0 Å². The van der Waals surface area contributed by atoms with Crippen molar-refractivity contribution >= 4 is 5.91 Å². The minimum absolute atomic E-state index is 0. The van der Waals surface area contributed by atoms with E-state index in [-0.39, 0.29) is 45.9 Å². The van der Waals surface area contributed by atoms with Crippen LogP contribution in [0.15, 0.2) is 0 Å². The second-order valence-electron chi connectivity index (χ2n) is 6.13. The zero-order chi connectivity index (χ0) is 15.8. The Bertz CT molecular complexity index is 240. The van der Waals surface area contributed by atoms with Gasteiger partial charge in [-0.1, -0.05) is 71.1 Å². The highest BCUT2D eigenvalue weighted by atomic mass is 79.9. The molecule has 0 rings (SSSR count). The zero-order valence-corrected chi connectivity index (χ0v) is 18.2. The molecule has 0 aromatic rings. The van der Waals surface area contributed by atoms with Gasteiger partial charge in [-0.25, -0.2) is 0 Å². The van der Waals surface area contributed by atoms with Crippen molar-refractivity contribution in [3.63, 3.8) is 0 Å². The summed E-state index contributed by atoms with van der Waals surface area (Å²) in [5.41, 5.74) is 7.63. The lowest BCUT2D eigenvalue weighted by Gasteiger charge is -2.10. The van der Waals surface area contributed by atoms with Crippen molar-refractivity contribution in [2.45, 2.75) is 90.0 Å². The number of rotatable bonds is 15. The molecule has 0 aromatic carbocycles. The quantitative estimate of drug-likeness (QED) is 0.212. The van der Waals surface area contributed by atoms with Gasteiger partial charge < -0.3 is 50.7 Å². The molecule has 0 unspecified atom stereocenters. The van der Waals surface area contributed by atoms with Crippen molar-refractivity contribution in [3.05, 3.63) is 0 Å². The summed E-state index contributed by atoms with van der Waals surface area (Å²) < 4.78 is 0. The molecule has 0 atom stereocenters. The van der Waals surface area contributed by atoms with Gasteiger partial charge in [0.1, 0.15) is 19.1 Å². The van der Waals surface area contributed by atoms with Crippen molar-refractivity contribution in [1.82, 2.24) is 5.32 Å². The van der Waals surface area contributed by atoms with Crippen LogP contribution in [-0.4, -0.2) is 25.0 Å². The lowest BCUT2D eigenvalue weighted by molar-refractivity contribution is -0.411. The number of unbranched alkanes of at least 4 members (excludes halogenated alkanes) is 10. The van der Waals surface area contributed by atoms with Crippen LogP contribution < -0.4 is 50.7 Å². The number of quaternary nitrogens is 2. The first-order chi connectivity index (χ1) is 10.2. The van der Waals surface area contributed by atoms with E-state index in [2.05, 4.69) is 23.7 Å². The molecule has 6 heteroatoms. The highest BCUT2D eigenvalue weighted by molar-refractivity contribution is 5.76. The molecule has 0 spiro atoms. The number of nitrogens with one attached hydrogen (secondary N) is 1. The second-order valence-corrected chi connectivity index (χ2v) is 6.13.